The Morgan fingerprint density at radius 1 is 0.513 bits per heavy atom. The van der Waals surface area contributed by atoms with Crippen LogP contribution < -0.4 is 5.32 Å². The van der Waals surface area contributed by atoms with E-state index < -0.39 is 5.97 Å². The van der Waals surface area contributed by atoms with Gasteiger partial charge < -0.3 is 53.1 Å². The highest BCUT2D eigenvalue weighted by Gasteiger charge is 2.04. The van der Waals surface area contributed by atoms with E-state index in [9.17, 15) is 14.4 Å². The molecule has 0 aliphatic carbocycles. The summed E-state index contributed by atoms with van der Waals surface area (Å²) in [6.45, 7) is 9.41. The SMILES string of the molecule is CC(=O)OCCOCCOCCOCCOCCOCCOCCOCCOCCCNC(=O)CCC(=O)O. The van der Waals surface area contributed by atoms with Crippen LogP contribution in [0.4, 0.5) is 0 Å². The molecule has 0 bridgehead atoms. The number of nitrogens with one attached hydrogen (secondary N) is 1. The molecular formula is C25H47NO13. The van der Waals surface area contributed by atoms with E-state index in [1.165, 1.54) is 6.92 Å². The van der Waals surface area contributed by atoms with Gasteiger partial charge in [-0.2, -0.15) is 0 Å². The fourth-order valence-corrected chi connectivity index (χ4v) is 2.60. The fraction of sp³-hybridized carbons (Fsp3) is 0.880. The molecule has 0 aromatic heterocycles. The van der Waals surface area contributed by atoms with Crippen LogP contribution in [0.15, 0.2) is 0 Å². The summed E-state index contributed by atoms with van der Waals surface area (Å²) in [7, 11) is 0. The predicted molar refractivity (Wildman–Crippen MR) is 138 cm³/mol. The maximum absolute atomic E-state index is 11.3. The first-order valence-electron chi connectivity index (χ1n) is 13.3. The highest BCUT2D eigenvalue weighted by atomic mass is 16.6. The number of ether oxygens (including phenoxy) is 9. The summed E-state index contributed by atoms with van der Waals surface area (Å²) in [5.41, 5.74) is 0. The summed E-state index contributed by atoms with van der Waals surface area (Å²) in [4.78, 5) is 32.3. The highest BCUT2D eigenvalue weighted by Crippen LogP contribution is 1.90. The zero-order chi connectivity index (χ0) is 28.7. The largest absolute Gasteiger partial charge is 0.481 e. The van der Waals surface area contributed by atoms with Gasteiger partial charge in [-0.3, -0.25) is 14.4 Å². The van der Waals surface area contributed by atoms with E-state index in [-0.39, 0.29) is 31.3 Å². The summed E-state index contributed by atoms with van der Waals surface area (Å²) >= 11 is 0. The van der Waals surface area contributed by atoms with Gasteiger partial charge in [0, 0.05) is 26.5 Å². The Morgan fingerprint density at radius 3 is 1.18 bits per heavy atom. The van der Waals surface area contributed by atoms with E-state index in [0.717, 1.165) is 0 Å². The van der Waals surface area contributed by atoms with Crippen LogP contribution >= 0.6 is 0 Å². The third kappa shape index (κ3) is 34.1. The van der Waals surface area contributed by atoms with Crippen LogP contribution in [0, 0.1) is 0 Å². The van der Waals surface area contributed by atoms with Gasteiger partial charge in [-0.05, 0) is 6.42 Å². The Balaban J connectivity index is 3.09. The van der Waals surface area contributed by atoms with Crippen molar-refractivity contribution in [3.8, 4) is 0 Å². The van der Waals surface area contributed by atoms with Crippen molar-refractivity contribution in [1.29, 1.82) is 0 Å². The van der Waals surface area contributed by atoms with Gasteiger partial charge in [0.1, 0.15) is 6.61 Å². The molecule has 39 heavy (non-hydrogen) atoms. The Hall–Kier alpha value is -1.91. The van der Waals surface area contributed by atoms with Crippen LogP contribution in [0.2, 0.25) is 0 Å². The highest BCUT2D eigenvalue weighted by molar-refractivity contribution is 5.80. The second-order valence-electron chi connectivity index (χ2n) is 7.84. The van der Waals surface area contributed by atoms with Gasteiger partial charge >= 0.3 is 11.9 Å². The van der Waals surface area contributed by atoms with Gasteiger partial charge in [0.2, 0.25) is 5.91 Å². The lowest BCUT2D eigenvalue weighted by molar-refractivity contribution is -0.142. The van der Waals surface area contributed by atoms with Crippen LogP contribution in [0.25, 0.3) is 0 Å². The van der Waals surface area contributed by atoms with Gasteiger partial charge in [-0.25, -0.2) is 0 Å². The molecule has 0 unspecified atom stereocenters. The maximum atomic E-state index is 11.3. The third-order valence-electron chi connectivity index (χ3n) is 4.49. The Morgan fingerprint density at radius 2 is 0.846 bits per heavy atom. The summed E-state index contributed by atoms with van der Waals surface area (Å²) < 4.78 is 47.8. The minimum Gasteiger partial charge on any atom is -0.481 e. The number of hydrogen-bond acceptors (Lipinski definition) is 12. The second-order valence-corrected chi connectivity index (χ2v) is 7.84. The Bertz CT molecular complexity index is 580. The molecule has 0 radical (unpaired) electrons. The van der Waals surface area contributed by atoms with E-state index in [0.29, 0.717) is 119 Å². The van der Waals surface area contributed by atoms with Gasteiger partial charge in [-0.15, -0.1) is 0 Å². The number of aliphatic carboxylic acids is 1. The number of carbonyl (C=O) groups excluding carboxylic acids is 2. The summed E-state index contributed by atoms with van der Waals surface area (Å²) in [5.74, 6) is -1.57. The molecule has 14 nitrogen and oxygen atoms in total. The van der Waals surface area contributed by atoms with Crippen LogP contribution in [0.5, 0.6) is 0 Å². The average molecular weight is 570 g/mol. The van der Waals surface area contributed by atoms with Gasteiger partial charge in [-0.1, -0.05) is 0 Å². The molecule has 0 saturated heterocycles. The van der Waals surface area contributed by atoms with Crippen LogP contribution in [0.3, 0.4) is 0 Å². The smallest absolute Gasteiger partial charge is 0.303 e. The number of esters is 1. The molecular weight excluding hydrogens is 522 g/mol. The minimum atomic E-state index is -0.984. The van der Waals surface area contributed by atoms with Crippen molar-refractivity contribution in [2.24, 2.45) is 0 Å². The topological polar surface area (TPSA) is 167 Å². The molecule has 0 aromatic carbocycles. The fourth-order valence-electron chi connectivity index (χ4n) is 2.60. The lowest BCUT2D eigenvalue weighted by Gasteiger charge is -2.09. The van der Waals surface area contributed by atoms with Crippen molar-refractivity contribution in [3.05, 3.63) is 0 Å². The Kier molecular flexibility index (Phi) is 29.1. The van der Waals surface area contributed by atoms with Crippen molar-refractivity contribution < 1.29 is 62.1 Å². The minimum absolute atomic E-state index is 0.0110. The molecule has 230 valence electrons. The third-order valence-corrected chi connectivity index (χ3v) is 4.49. The summed E-state index contributed by atoms with van der Waals surface area (Å²) in [5, 5.41) is 11.1. The van der Waals surface area contributed by atoms with Crippen LogP contribution in [-0.2, 0) is 57.0 Å². The number of hydrogen-bond donors (Lipinski definition) is 2. The van der Waals surface area contributed by atoms with E-state index in [4.69, 9.17) is 47.7 Å². The summed E-state index contributed by atoms with van der Waals surface area (Å²) in [6.07, 6.45) is 0.474. The van der Waals surface area contributed by atoms with E-state index in [1.807, 2.05) is 0 Å². The number of carboxylic acids is 1. The van der Waals surface area contributed by atoms with Crippen molar-refractivity contribution in [2.45, 2.75) is 26.2 Å². The van der Waals surface area contributed by atoms with Crippen molar-refractivity contribution in [2.75, 3.05) is 119 Å². The second kappa shape index (κ2) is 30.6. The van der Waals surface area contributed by atoms with Crippen molar-refractivity contribution in [3.63, 3.8) is 0 Å². The molecule has 1 amide bonds. The monoisotopic (exact) mass is 569 g/mol. The molecule has 0 aliphatic heterocycles. The normalized spacial score (nSPS) is 11.0. The van der Waals surface area contributed by atoms with Crippen LogP contribution in [0.1, 0.15) is 26.2 Å². The van der Waals surface area contributed by atoms with Gasteiger partial charge in [0.05, 0.1) is 106 Å². The molecule has 0 fully saturated rings. The van der Waals surface area contributed by atoms with Crippen molar-refractivity contribution in [1.82, 2.24) is 5.32 Å². The first-order chi connectivity index (χ1) is 19.0. The molecule has 0 aromatic rings. The zero-order valence-corrected chi connectivity index (χ0v) is 23.2. The number of rotatable bonds is 31. The van der Waals surface area contributed by atoms with Crippen molar-refractivity contribution >= 4 is 17.8 Å². The quantitative estimate of drug-likeness (QED) is 0.0850. The van der Waals surface area contributed by atoms with Crippen LogP contribution in [-0.4, -0.2) is 142 Å². The van der Waals surface area contributed by atoms with Gasteiger partial charge in [0.25, 0.3) is 0 Å². The lowest BCUT2D eigenvalue weighted by atomic mass is 10.3. The predicted octanol–water partition coefficient (Wildman–Crippen LogP) is 0.0534. The standard InChI is InChI=1S/C25H47NO13/c1-23(27)39-22-21-38-20-19-37-18-17-36-16-15-35-14-13-34-12-11-33-10-9-32-8-7-31-6-2-5-26-24(28)3-4-25(29)30/h2-22H2,1H3,(H,26,28)(H,29,30). The number of amides is 1. The molecule has 2 N–H and O–H groups in total. The zero-order valence-electron chi connectivity index (χ0n) is 23.2. The molecule has 0 atom stereocenters. The van der Waals surface area contributed by atoms with E-state index in [2.05, 4.69) is 5.32 Å². The number of carboxylic acid groups (broad SMARTS) is 1. The molecule has 0 spiro atoms. The first-order valence-corrected chi connectivity index (χ1v) is 13.3. The molecule has 0 heterocycles. The maximum Gasteiger partial charge on any atom is 0.303 e. The lowest BCUT2D eigenvalue weighted by Crippen LogP contribution is -2.25. The molecule has 0 aliphatic rings. The first kappa shape index (κ1) is 37.1. The van der Waals surface area contributed by atoms with E-state index in [1.54, 1.807) is 0 Å². The molecule has 0 rings (SSSR count). The Labute approximate surface area is 230 Å². The van der Waals surface area contributed by atoms with Gasteiger partial charge in [0.15, 0.2) is 0 Å². The number of carbonyl (C=O) groups is 3. The van der Waals surface area contributed by atoms with E-state index >= 15 is 0 Å². The molecule has 0 saturated carbocycles. The molecule has 14 heteroatoms. The summed E-state index contributed by atoms with van der Waals surface area (Å²) in [6, 6.07) is 0. The average Bonchev–Trinajstić information content (AvgIpc) is 2.90.